The molecule has 0 radical (unpaired) electrons. The molecule has 2 nitrogen and oxygen atoms in total. The van der Waals surface area contributed by atoms with Crippen LogP contribution in [0, 0.1) is 0 Å². The van der Waals surface area contributed by atoms with Gasteiger partial charge in [0.1, 0.15) is 11.4 Å². The molecule has 0 fully saturated rings. The zero-order chi connectivity index (χ0) is 19.5. The van der Waals surface area contributed by atoms with Crippen LogP contribution in [0.4, 0.5) is 0 Å². The van der Waals surface area contributed by atoms with Crippen LogP contribution in [0.1, 0.15) is 54.7 Å². The molecule has 0 heterocycles. The summed E-state index contributed by atoms with van der Waals surface area (Å²) in [6.45, 7) is 8.38. The average molecular weight is 358 g/mol. The van der Waals surface area contributed by atoms with E-state index in [0.717, 1.165) is 17.4 Å². The highest BCUT2D eigenvalue weighted by Gasteiger charge is 2.31. The Morgan fingerprint density at radius 3 is 1.81 bits per heavy atom. The van der Waals surface area contributed by atoms with Gasteiger partial charge >= 0.3 is 0 Å². The molecule has 3 aromatic rings. The van der Waals surface area contributed by atoms with E-state index in [0.29, 0.717) is 11.3 Å². The van der Waals surface area contributed by atoms with Gasteiger partial charge in [-0.15, -0.1) is 0 Å². The average Bonchev–Trinajstić information content (AvgIpc) is 2.69. The lowest BCUT2D eigenvalue weighted by molar-refractivity contribution is 0.100. The quantitative estimate of drug-likeness (QED) is 0.495. The number of benzene rings is 3. The molecule has 3 aromatic carbocycles. The number of hydrogen-bond donors (Lipinski definition) is 0. The fourth-order valence-corrected chi connectivity index (χ4v) is 3.42. The van der Waals surface area contributed by atoms with E-state index in [2.05, 4.69) is 32.0 Å². The van der Waals surface area contributed by atoms with Crippen molar-refractivity contribution in [3.63, 3.8) is 0 Å². The second-order valence-corrected chi connectivity index (χ2v) is 7.81. The van der Waals surface area contributed by atoms with Gasteiger partial charge in [-0.25, -0.2) is 0 Å². The van der Waals surface area contributed by atoms with E-state index in [1.54, 1.807) is 0 Å². The van der Waals surface area contributed by atoms with Crippen molar-refractivity contribution in [2.24, 2.45) is 0 Å². The topological polar surface area (TPSA) is 26.3 Å². The van der Waals surface area contributed by atoms with Crippen molar-refractivity contribution in [1.82, 2.24) is 0 Å². The molecule has 2 heteroatoms. The molecule has 3 rings (SSSR count). The third-order valence-corrected chi connectivity index (χ3v) is 5.17. The molecule has 27 heavy (non-hydrogen) atoms. The molecule has 0 aliphatic rings. The molecule has 138 valence electrons. The molecule has 0 aliphatic carbocycles. The van der Waals surface area contributed by atoms with Crippen LogP contribution >= 0.6 is 0 Å². The monoisotopic (exact) mass is 358 g/mol. The molecule has 0 saturated carbocycles. The van der Waals surface area contributed by atoms with Gasteiger partial charge in [0, 0.05) is 11.0 Å². The molecular formula is C25H26O2. The van der Waals surface area contributed by atoms with E-state index in [1.165, 1.54) is 5.56 Å². The lowest BCUT2D eigenvalue weighted by Crippen LogP contribution is -2.28. The van der Waals surface area contributed by atoms with Crippen LogP contribution in [0.15, 0.2) is 78.9 Å². The van der Waals surface area contributed by atoms with Crippen molar-refractivity contribution < 1.29 is 9.53 Å². The van der Waals surface area contributed by atoms with Crippen LogP contribution < -0.4 is 4.74 Å². The van der Waals surface area contributed by atoms with Crippen LogP contribution in [0.2, 0.25) is 0 Å². The van der Waals surface area contributed by atoms with Crippen molar-refractivity contribution in [2.45, 2.75) is 38.7 Å². The Kier molecular flexibility index (Phi) is 5.18. The van der Waals surface area contributed by atoms with E-state index in [-0.39, 0.29) is 5.41 Å². The fraction of sp³-hybridized carbons (Fsp3) is 0.240. The second-order valence-electron chi connectivity index (χ2n) is 7.81. The summed E-state index contributed by atoms with van der Waals surface area (Å²) in [4.78, 5) is 11.8. The first kappa shape index (κ1) is 18.9. The number of hydrogen-bond acceptors (Lipinski definition) is 2. The van der Waals surface area contributed by atoms with Crippen LogP contribution in [0.3, 0.4) is 0 Å². The minimum Gasteiger partial charge on any atom is -0.482 e. The van der Waals surface area contributed by atoms with E-state index in [9.17, 15) is 4.79 Å². The first-order valence-electron chi connectivity index (χ1n) is 9.25. The van der Waals surface area contributed by atoms with Crippen LogP contribution in [-0.4, -0.2) is 6.29 Å². The molecule has 0 N–H and O–H groups in total. The van der Waals surface area contributed by atoms with Gasteiger partial charge in [0.15, 0.2) is 6.29 Å². The number of ether oxygens (including phenoxy) is 1. The minimum absolute atomic E-state index is 0.303. The summed E-state index contributed by atoms with van der Waals surface area (Å²) in [5, 5.41) is 0. The van der Waals surface area contributed by atoms with Gasteiger partial charge in [0.25, 0.3) is 0 Å². The summed E-state index contributed by atoms with van der Waals surface area (Å²) in [6.07, 6.45) is 0.876. The lowest BCUT2D eigenvalue weighted by Gasteiger charge is -2.33. The summed E-state index contributed by atoms with van der Waals surface area (Å²) < 4.78 is 6.52. The first-order valence-corrected chi connectivity index (χ1v) is 9.25. The number of aldehydes is 1. The largest absolute Gasteiger partial charge is 0.482 e. The SMILES string of the molecule is CC(C)(Oc1c(C=O)cccc1C(C)(C)c1ccccc1)c1ccccc1. The van der Waals surface area contributed by atoms with E-state index >= 15 is 0 Å². The Morgan fingerprint density at radius 1 is 0.704 bits per heavy atom. The zero-order valence-electron chi connectivity index (χ0n) is 16.4. The van der Waals surface area contributed by atoms with Gasteiger partial charge in [-0.3, -0.25) is 4.79 Å². The molecular weight excluding hydrogens is 332 g/mol. The minimum atomic E-state index is -0.568. The zero-order valence-corrected chi connectivity index (χ0v) is 16.4. The Morgan fingerprint density at radius 2 is 1.26 bits per heavy atom. The van der Waals surface area contributed by atoms with Gasteiger partial charge in [0.2, 0.25) is 0 Å². The lowest BCUT2D eigenvalue weighted by atomic mass is 9.77. The fourth-order valence-electron chi connectivity index (χ4n) is 3.42. The normalized spacial score (nSPS) is 11.9. The molecule has 0 unspecified atom stereocenters. The van der Waals surface area contributed by atoms with Crippen molar-refractivity contribution in [3.05, 3.63) is 101 Å². The van der Waals surface area contributed by atoms with E-state index in [1.807, 2.05) is 74.5 Å². The highest BCUT2D eigenvalue weighted by molar-refractivity contribution is 5.81. The molecule has 0 bridgehead atoms. The third-order valence-electron chi connectivity index (χ3n) is 5.17. The number of carbonyl (C=O) groups is 1. The van der Waals surface area contributed by atoms with Gasteiger partial charge < -0.3 is 4.74 Å². The van der Waals surface area contributed by atoms with Gasteiger partial charge in [-0.1, -0.05) is 86.6 Å². The van der Waals surface area contributed by atoms with Crippen LogP contribution in [0.5, 0.6) is 5.75 Å². The van der Waals surface area contributed by atoms with Crippen molar-refractivity contribution in [1.29, 1.82) is 0 Å². The van der Waals surface area contributed by atoms with Crippen molar-refractivity contribution in [2.75, 3.05) is 0 Å². The smallest absolute Gasteiger partial charge is 0.153 e. The summed E-state index contributed by atoms with van der Waals surface area (Å²) >= 11 is 0. The van der Waals surface area contributed by atoms with Crippen LogP contribution in [0.25, 0.3) is 0 Å². The predicted molar refractivity (Wildman–Crippen MR) is 110 cm³/mol. The van der Waals surface area contributed by atoms with E-state index in [4.69, 9.17) is 4.74 Å². The maximum absolute atomic E-state index is 11.8. The Labute approximate surface area is 161 Å². The highest BCUT2D eigenvalue weighted by Crippen LogP contribution is 2.41. The molecule has 0 aliphatic heterocycles. The maximum Gasteiger partial charge on any atom is 0.153 e. The maximum atomic E-state index is 11.8. The van der Waals surface area contributed by atoms with Gasteiger partial charge in [0.05, 0.1) is 5.56 Å². The third kappa shape index (κ3) is 3.80. The van der Waals surface area contributed by atoms with Crippen molar-refractivity contribution in [3.8, 4) is 5.75 Å². The second kappa shape index (κ2) is 7.40. The summed E-state index contributed by atoms with van der Waals surface area (Å²) in [5.41, 5.74) is 2.94. The molecule has 0 saturated heterocycles. The van der Waals surface area contributed by atoms with Crippen molar-refractivity contribution >= 4 is 6.29 Å². The molecule has 0 atom stereocenters. The van der Waals surface area contributed by atoms with Crippen LogP contribution in [-0.2, 0) is 11.0 Å². The predicted octanol–water partition coefficient (Wildman–Crippen LogP) is 6.14. The summed E-state index contributed by atoms with van der Waals surface area (Å²) in [7, 11) is 0. The molecule has 0 aromatic heterocycles. The Bertz CT molecular complexity index is 910. The standard InChI is InChI=1S/C25H26O2/c1-24(2,20-13-7-5-8-14-20)22-17-11-12-19(18-26)23(22)27-25(3,4)21-15-9-6-10-16-21/h5-18H,1-4H3. The number of carbonyl (C=O) groups excluding carboxylic acids is 1. The summed E-state index contributed by atoms with van der Waals surface area (Å²) in [6, 6.07) is 26.2. The Hall–Kier alpha value is -2.87. The van der Waals surface area contributed by atoms with E-state index < -0.39 is 5.60 Å². The van der Waals surface area contributed by atoms with Gasteiger partial charge in [-0.05, 0) is 31.0 Å². The molecule has 0 spiro atoms. The summed E-state index contributed by atoms with van der Waals surface area (Å²) in [5.74, 6) is 0.648. The number of rotatable bonds is 6. The molecule has 0 amide bonds. The first-order chi connectivity index (χ1) is 12.9. The Balaban J connectivity index is 2.11. The van der Waals surface area contributed by atoms with Gasteiger partial charge in [-0.2, -0.15) is 0 Å². The number of para-hydroxylation sites is 1. The highest BCUT2D eigenvalue weighted by atomic mass is 16.5.